The minimum absolute atomic E-state index is 0.0419. The molecule has 0 aliphatic rings. The third-order valence-corrected chi connectivity index (χ3v) is 7.30. The fraction of sp³-hybridized carbons (Fsp3) is 0.286. The molecule has 3 aromatic rings. The topological polar surface area (TPSA) is 125 Å². The Morgan fingerprint density at radius 1 is 0.850 bits per heavy atom. The van der Waals surface area contributed by atoms with Gasteiger partial charge < -0.3 is 23.7 Å². The van der Waals surface area contributed by atoms with Crippen LogP contribution < -0.4 is 33.4 Å². The average molecular weight is 572 g/mol. The molecule has 0 aromatic heterocycles. The van der Waals surface area contributed by atoms with Crippen LogP contribution in [0.15, 0.2) is 70.7 Å². The molecule has 0 saturated heterocycles. The van der Waals surface area contributed by atoms with Gasteiger partial charge in [-0.05, 0) is 67.9 Å². The van der Waals surface area contributed by atoms with E-state index in [2.05, 4.69) is 10.5 Å². The number of amides is 1. The van der Waals surface area contributed by atoms with Crippen molar-refractivity contribution in [1.29, 1.82) is 0 Å². The van der Waals surface area contributed by atoms with Crippen LogP contribution >= 0.6 is 0 Å². The van der Waals surface area contributed by atoms with Gasteiger partial charge in [-0.15, -0.1) is 0 Å². The monoisotopic (exact) mass is 571 g/mol. The summed E-state index contributed by atoms with van der Waals surface area (Å²) in [7, 11) is 1.36. The third kappa shape index (κ3) is 7.35. The van der Waals surface area contributed by atoms with Crippen LogP contribution in [-0.2, 0) is 14.8 Å². The van der Waals surface area contributed by atoms with E-state index in [4.69, 9.17) is 23.7 Å². The molecule has 0 saturated carbocycles. The molecule has 0 aliphatic carbocycles. The van der Waals surface area contributed by atoms with Gasteiger partial charge in [0.25, 0.3) is 15.9 Å². The number of benzene rings is 3. The number of hydrazone groups is 1. The van der Waals surface area contributed by atoms with Crippen LogP contribution in [0.25, 0.3) is 0 Å². The maximum atomic E-state index is 13.9. The van der Waals surface area contributed by atoms with Gasteiger partial charge in [-0.1, -0.05) is 0 Å². The van der Waals surface area contributed by atoms with Crippen molar-refractivity contribution in [1.82, 2.24) is 5.43 Å². The number of ether oxygens (including phenoxy) is 5. The molecule has 3 rings (SSSR count). The Labute approximate surface area is 234 Å². The van der Waals surface area contributed by atoms with E-state index in [1.165, 1.54) is 58.9 Å². The van der Waals surface area contributed by atoms with Crippen molar-refractivity contribution in [3.8, 4) is 28.7 Å². The van der Waals surface area contributed by atoms with E-state index in [1.807, 2.05) is 13.8 Å². The first-order valence-electron chi connectivity index (χ1n) is 12.2. The van der Waals surface area contributed by atoms with E-state index in [1.54, 1.807) is 36.4 Å². The van der Waals surface area contributed by atoms with Gasteiger partial charge in [0.2, 0.25) is 0 Å². The molecule has 11 nitrogen and oxygen atoms in total. The van der Waals surface area contributed by atoms with Crippen molar-refractivity contribution >= 4 is 27.8 Å². The number of methoxy groups -OCH3 is 4. The molecule has 3 aromatic carbocycles. The van der Waals surface area contributed by atoms with Gasteiger partial charge in [-0.2, -0.15) is 5.10 Å². The maximum Gasteiger partial charge on any atom is 0.265 e. The number of rotatable bonds is 13. The van der Waals surface area contributed by atoms with Crippen LogP contribution in [0.2, 0.25) is 0 Å². The maximum absolute atomic E-state index is 13.9. The summed E-state index contributed by atoms with van der Waals surface area (Å²) in [6.07, 6.45) is 1.48. The van der Waals surface area contributed by atoms with Crippen molar-refractivity contribution in [2.24, 2.45) is 5.10 Å². The molecule has 0 heterocycles. The molecular weight excluding hydrogens is 538 g/mol. The molecule has 0 spiro atoms. The summed E-state index contributed by atoms with van der Waals surface area (Å²) in [6.45, 7) is 3.25. The number of hydrogen-bond donors (Lipinski definition) is 1. The predicted octanol–water partition coefficient (Wildman–Crippen LogP) is 3.85. The van der Waals surface area contributed by atoms with E-state index in [-0.39, 0.29) is 28.2 Å². The van der Waals surface area contributed by atoms with Crippen LogP contribution in [0.3, 0.4) is 0 Å². The molecule has 0 radical (unpaired) electrons. The second-order valence-corrected chi connectivity index (χ2v) is 10.5. The highest BCUT2D eigenvalue weighted by atomic mass is 32.2. The van der Waals surface area contributed by atoms with E-state index in [0.29, 0.717) is 22.8 Å². The Balaban J connectivity index is 1.93. The normalized spacial score (nSPS) is 11.3. The highest BCUT2D eigenvalue weighted by molar-refractivity contribution is 7.92. The minimum Gasteiger partial charge on any atom is -0.497 e. The van der Waals surface area contributed by atoms with Gasteiger partial charge in [0.1, 0.15) is 23.8 Å². The summed E-state index contributed by atoms with van der Waals surface area (Å²) in [5, 5.41) is 3.98. The Kier molecular flexibility index (Phi) is 10.2. The van der Waals surface area contributed by atoms with Crippen LogP contribution in [0.1, 0.15) is 19.4 Å². The average Bonchev–Trinajstić information content (AvgIpc) is 2.95. The lowest BCUT2D eigenvalue weighted by atomic mass is 10.2. The van der Waals surface area contributed by atoms with E-state index in [9.17, 15) is 13.2 Å². The van der Waals surface area contributed by atoms with Crippen LogP contribution in [0.5, 0.6) is 28.7 Å². The van der Waals surface area contributed by atoms with E-state index >= 15 is 0 Å². The van der Waals surface area contributed by atoms with Gasteiger partial charge in [-0.25, -0.2) is 13.8 Å². The highest BCUT2D eigenvalue weighted by Gasteiger charge is 2.31. The number of nitrogens with one attached hydrogen (secondary N) is 1. The lowest BCUT2D eigenvalue weighted by Gasteiger charge is -2.26. The Morgan fingerprint density at radius 3 is 2.08 bits per heavy atom. The highest BCUT2D eigenvalue weighted by Crippen LogP contribution is 2.37. The van der Waals surface area contributed by atoms with Crippen LogP contribution in [0.4, 0.5) is 5.69 Å². The summed E-state index contributed by atoms with van der Waals surface area (Å²) in [4.78, 5) is 12.9. The molecule has 0 fully saturated rings. The molecule has 0 unspecified atom stereocenters. The Hall–Kier alpha value is -4.45. The summed E-state index contributed by atoms with van der Waals surface area (Å²) in [5.74, 6) is 1.16. The molecular formula is C28H33N3O8S. The molecule has 1 amide bonds. The fourth-order valence-electron chi connectivity index (χ4n) is 3.64. The molecule has 12 heteroatoms. The number of carbonyl (C=O) groups excluding carboxylic acids is 1. The van der Waals surface area contributed by atoms with E-state index in [0.717, 1.165) is 4.31 Å². The number of nitrogens with zero attached hydrogens (tertiary/aromatic N) is 2. The third-order valence-electron chi connectivity index (χ3n) is 5.54. The Morgan fingerprint density at radius 2 is 1.48 bits per heavy atom. The standard InChI is InChI=1S/C28H33N3O8S/c1-19(2)39-21-9-7-20(8-10-21)17-29-30-28(32)18-31(24-15-22(35-3)11-13-25(24)36-4)40(33,34)23-12-14-26(37-5)27(16-23)38-6/h7-17,19H,18H2,1-6H3,(H,30,32)/b29-17-. The summed E-state index contributed by atoms with van der Waals surface area (Å²) in [6, 6.07) is 15.9. The minimum atomic E-state index is -4.32. The Bertz CT molecular complexity index is 1440. The largest absolute Gasteiger partial charge is 0.497 e. The van der Waals surface area contributed by atoms with Gasteiger partial charge in [-0.3, -0.25) is 9.10 Å². The predicted molar refractivity (Wildman–Crippen MR) is 152 cm³/mol. The number of hydrogen-bond acceptors (Lipinski definition) is 9. The first-order valence-corrected chi connectivity index (χ1v) is 13.6. The summed E-state index contributed by atoms with van der Waals surface area (Å²) in [5.41, 5.74) is 3.19. The van der Waals surface area contributed by atoms with Crippen molar-refractivity contribution < 1.29 is 36.9 Å². The quantitative estimate of drug-likeness (QED) is 0.242. The zero-order valence-corrected chi connectivity index (χ0v) is 24.0. The first-order chi connectivity index (χ1) is 19.1. The number of sulfonamides is 1. The van der Waals surface area contributed by atoms with Crippen molar-refractivity contribution in [3.05, 3.63) is 66.2 Å². The van der Waals surface area contributed by atoms with Crippen molar-refractivity contribution in [2.45, 2.75) is 24.8 Å². The van der Waals surface area contributed by atoms with Crippen LogP contribution in [0, 0.1) is 0 Å². The van der Waals surface area contributed by atoms with Gasteiger partial charge in [0.15, 0.2) is 11.5 Å². The zero-order valence-electron chi connectivity index (χ0n) is 23.2. The van der Waals surface area contributed by atoms with Gasteiger partial charge >= 0.3 is 0 Å². The lowest BCUT2D eigenvalue weighted by Crippen LogP contribution is -2.39. The number of carbonyl (C=O) groups is 1. The molecule has 0 atom stereocenters. The molecule has 0 bridgehead atoms. The second-order valence-electron chi connectivity index (χ2n) is 8.60. The van der Waals surface area contributed by atoms with Crippen molar-refractivity contribution in [2.75, 3.05) is 39.3 Å². The molecule has 40 heavy (non-hydrogen) atoms. The molecule has 0 aliphatic heterocycles. The second kappa shape index (κ2) is 13.6. The smallest absolute Gasteiger partial charge is 0.265 e. The van der Waals surface area contributed by atoms with E-state index < -0.39 is 22.5 Å². The first kappa shape index (κ1) is 30.1. The van der Waals surface area contributed by atoms with Gasteiger partial charge in [0.05, 0.1) is 51.3 Å². The zero-order chi connectivity index (χ0) is 29.3. The molecule has 1 N–H and O–H groups in total. The SMILES string of the molecule is COc1ccc(OC)c(N(CC(=O)N/N=C\c2ccc(OC(C)C)cc2)S(=O)(=O)c2ccc(OC)c(OC)c2)c1. The number of anilines is 1. The summed E-state index contributed by atoms with van der Waals surface area (Å²) >= 11 is 0. The summed E-state index contributed by atoms with van der Waals surface area (Å²) < 4.78 is 55.6. The molecule has 214 valence electrons. The fourth-order valence-corrected chi connectivity index (χ4v) is 5.08. The van der Waals surface area contributed by atoms with Gasteiger partial charge in [0, 0.05) is 12.1 Å². The van der Waals surface area contributed by atoms with Crippen molar-refractivity contribution in [3.63, 3.8) is 0 Å². The van der Waals surface area contributed by atoms with Crippen LogP contribution in [-0.4, -0.2) is 61.6 Å². The lowest BCUT2D eigenvalue weighted by molar-refractivity contribution is -0.119.